The van der Waals surface area contributed by atoms with E-state index in [1.165, 1.54) is 52.6 Å². The molecule has 0 spiro atoms. The van der Waals surface area contributed by atoms with Crippen LogP contribution in [0.1, 0.15) is 0 Å². The Bertz CT molecular complexity index is 4020. The van der Waals surface area contributed by atoms with E-state index in [2.05, 4.69) is 339 Å². The maximum Gasteiger partial charge on any atom is 0.179 e. The predicted octanol–water partition coefficient (Wildman–Crippen LogP) is 14.8. The van der Waals surface area contributed by atoms with Gasteiger partial charge < -0.3 is 9.32 Å². The fraction of sp³-hybridized carbons (Fsp3) is 0. The minimum Gasteiger partial charge on any atom is -0.455 e. The lowest BCUT2D eigenvalue weighted by Crippen LogP contribution is -2.74. The molecule has 1 aromatic heterocycles. The summed E-state index contributed by atoms with van der Waals surface area (Å²) in [5.74, 6) is 0. The summed E-state index contributed by atoms with van der Waals surface area (Å²) in [4.78, 5) is 2.37. The van der Waals surface area contributed by atoms with Crippen LogP contribution in [0.3, 0.4) is 0 Å². The van der Waals surface area contributed by atoms with E-state index in [4.69, 9.17) is 4.42 Å². The number of furan rings is 1. The first-order valence-electron chi connectivity index (χ1n) is 28.2. The average Bonchev–Trinajstić information content (AvgIpc) is 2.93. The largest absolute Gasteiger partial charge is 0.455 e. The second-order valence-electron chi connectivity index (χ2n) is 21.1. The summed E-state index contributed by atoms with van der Waals surface area (Å²) in [7, 11) is -5.31. The third kappa shape index (κ3) is 8.92. The first kappa shape index (κ1) is 50.1. The van der Waals surface area contributed by atoms with Crippen LogP contribution in [0.5, 0.6) is 0 Å². The van der Waals surface area contributed by atoms with E-state index in [1.807, 2.05) is 12.1 Å². The van der Waals surface area contributed by atoms with Gasteiger partial charge in [0.1, 0.15) is 11.2 Å². The number of anilines is 3. The van der Waals surface area contributed by atoms with Gasteiger partial charge in [-0.05, 0) is 112 Å². The Kier molecular flexibility index (Phi) is 13.4. The van der Waals surface area contributed by atoms with Gasteiger partial charge in [0.15, 0.2) is 16.1 Å². The number of rotatable bonds is 14. The van der Waals surface area contributed by atoms with Crippen LogP contribution in [0.4, 0.5) is 17.1 Å². The quantitative estimate of drug-likeness (QED) is 0.0797. The first-order valence-corrected chi connectivity index (χ1v) is 32.2. The monoisotopic (exact) mass is 1080 g/mol. The summed E-state index contributed by atoms with van der Waals surface area (Å²) in [6.07, 6.45) is 0. The molecular formula is C78H57NOSi2. The molecule has 14 aromatic rings. The molecule has 1 heterocycles. The molecule has 2 nitrogen and oxygen atoms in total. The molecule has 0 aliphatic rings. The molecule has 0 unspecified atom stereocenters. The van der Waals surface area contributed by atoms with Crippen molar-refractivity contribution in [2.75, 3.05) is 4.90 Å². The SMILES string of the molecule is c1ccc([Si](c2ccccc2)(c2ccccc2)c2ccc(-c3ccc(N(c4ccc(-c5ccc([Si](c6ccccc6)(c6ccccc6)c6ccccc6)cc5)cc4)c4ccc(-c5cccc6c5oc5ccccc56)cc4)cc3)cc2)cc1. The summed E-state index contributed by atoms with van der Waals surface area (Å²) >= 11 is 0. The fourth-order valence-corrected chi connectivity index (χ4v) is 22.3. The van der Waals surface area contributed by atoms with Crippen molar-refractivity contribution in [3.8, 4) is 33.4 Å². The standard InChI is InChI=1S/C78H57NOSi2/c1-7-22-66(23-8-1)81(67-24-9-2-10-25-67,68-26-11-3-12-27-68)72-54-44-60(45-55-72)58-38-48-63(49-39-58)79(65-52-42-62(43-53-65)74-35-21-36-76-75-34-19-20-37-77(75)80-78(74)76)64-50-40-59(41-51-64)61-46-56-73(57-47-61)82(69-28-13-4-14-29-69,70-30-15-5-16-31-70)71-32-17-6-18-33-71/h1-57H. The van der Waals surface area contributed by atoms with Crippen LogP contribution in [-0.4, -0.2) is 16.1 Å². The van der Waals surface area contributed by atoms with Crippen LogP contribution >= 0.6 is 0 Å². The molecule has 82 heavy (non-hydrogen) atoms. The van der Waals surface area contributed by atoms with Crippen LogP contribution in [0.15, 0.2) is 350 Å². The van der Waals surface area contributed by atoms with Gasteiger partial charge >= 0.3 is 0 Å². The van der Waals surface area contributed by atoms with Gasteiger partial charge in [-0.25, -0.2) is 0 Å². The minimum absolute atomic E-state index is 0.898. The highest BCUT2D eigenvalue weighted by atomic mass is 28.3. The molecule has 0 N–H and O–H groups in total. The fourth-order valence-electron chi connectivity index (χ4n) is 12.8. The lowest BCUT2D eigenvalue weighted by atomic mass is 10.0. The zero-order valence-electron chi connectivity index (χ0n) is 45.3. The molecule has 0 fully saturated rings. The van der Waals surface area contributed by atoms with Crippen LogP contribution in [0.2, 0.25) is 0 Å². The van der Waals surface area contributed by atoms with E-state index < -0.39 is 16.1 Å². The van der Waals surface area contributed by atoms with Gasteiger partial charge in [0, 0.05) is 33.4 Å². The van der Waals surface area contributed by atoms with Crippen molar-refractivity contribution in [2.24, 2.45) is 0 Å². The van der Waals surface area contributed by atoms with E-state index in [0.29, 0.717) is 0 Å². The van der Waals surface area contributed by atoms with Gasteiger partial charge in [0.25, 0.3) is 0 Å². The first-order chi connectivity index (χ1) is 40.7. The van der Waals surface area contributed by atoms with Crippen LogP contribution in [0, 0.1) is 0 Å². The zero-order valence-corrected chi connectivity index (χ0v) is 47.3. The Hall–Kier alpha value is -10.1. The molecule has 0 bridgehead atoms. The predicted molar refractivity (Wildman–Crippen MR) is 352 cm³/mol. The minimum atomic E-state index is -2.66. The summed E-state index contributed by atoms with van der Waals surface area (Å²) in [6.45, 7) is 0. The average molecular weight is 1080 g/mol. The lowest BCUT2D eigenvalue weighted by molar-refractivity contribution is 0.670. The van der Waals surface area contributed by atoms with E-state index in [-0.39, 0.29) is 0 Å². The molecule has 0 radical (unpaired) electrons. The van der Waals surface area contributed by atoms with Gasteiger partial charge in [-0.2, -0.15) is 0 Å². The number of hydrogen-bond donors (Lipinski definition) is 0. The summed E-state index contributed by atoms with van der Waals surface area (Å²) in [6, 6.07) is 127. The lowest BCUT2D eigenvalue weighted by Gasteiger charge is -2.34. The number of fused-ring (bicyclic) bond motifs is 3. The van der Waals surface area contributed by atoms with E-state index >= 15 is 0 Å². The zero-order chi connectivity index (χ0) is 54.7. The Balaban J connectivity index is 0.826. The molecule has 0 aliphatic carbocycles. The smallest absolute Gasteiger partial charge is 0.179 e. The van der Waals surface area contributed by atoms with Crippen molar-refractivity contribution >= 4 is 96.6 Å². The van der Waals surface area contributed by atoms with Crippen LogP contribution in [-0.2, 0) is 0 Å². The van der Waals surface area contributed by atoms with E-state index in [0.717, 1.165) is 61.3 Å². The molecule has 0 saturated heterocycles. The second-order valence-corrected chi connectivity index (χ2v) is 28.7. The van der Waals surface area contributed by atoms with Crippen molar-refractivity contribution in [3.05, 3.63) is 346 Å². The maximum atomic E-state index is 6.51. The Morgan fingerprint density at radius 2 is 0.476 bits per heavy atom. The molecule has 13 aromatic carbocycles. The maximum absolute atomic E-state index is 6.51. The number of para-hydroxylation sites is 2. The van der Waals surface area contributed by atoms with Crippen molar-refractivity contribution < 1.29 is 4.42 Å². The van der Waals surface area contributed by atoms with E-state index in [1.54, 1.807) is 0 Å². The number of benzene rings is 13. The number of hydrogen-bond acceptors (Lipinski definition) is 2. The van der Waals surface area contributed by atoms with Gasteiger partial charge in [-0.1, -0.05) is 303 Å². The molecule has 0 saturated carbocycles. The molecule has 388 valence electrons. The highest BCUT2D eigenvalue weighted by Crippen LogP contribution is 2.40. The topological polar surface area (TPSA) is 16.4 Å². The Labute approximate surface area is 482 Å². The summed E-state index contributed by atoms with van der Waals surface area (Å²) in [5.41, 5.74) is 11.8. The Morgan fingerprint density at radius 1 is 0.207 bits per heavy atom. The van der Waals surface area contributed by atoms with Crippen molar-refractivity contribution in [3.63, 3.8) is 0 Å². The van der Waals surface area contributed by atoms with Gasteiger partial charge in [-0.15, -0.1) is 0 Å². The van der Waals surface area contributed by atoms with Gasteiger partial charge in [0.05, 0.1) is 0 Å². The molecule has 14 rings (SSSR count). The number of nitrogens with zero attached hydrogens (tertiary/aromatic N) is 1. The third-order valence-corrected chi connectivity index (χ3v) is 26.2. The molecule has 0 amide bonds. The highest BCUT2D eigenvalue weighted by Gasteiger charge is 2.42. The Morgan fingerprint density at radius 3 is 0.817 bits per heavy atom. The molecular weight excluding hydrogens is 1020 g/mol. The molecule has 0 atom stereocenters. The third-order valence-electron chi connectivity index (χ3n) is 16.6. The second kappa shape index (κ2) is 21.9. The molecule has 4 heteroatoms. The van der Waals surface area contributed by atoms with Crippen molar-refractivity contribution in [2.45, 2.75) is 0 Å². The van der Waals surface area contributed by atoms with Crippen molar-refractivity contribution in [1.29, 1.82) is 0 Å². The van der Waals surface area contributed by atoms with Crippen LogP contribution in [0.25, 0.3) is 55.3 Å². The highest BCUT2D eigenvalue weighted by molar-refractivity contribution is 7.20. The van der Waals surface area contributed by atoms with Gasteiger partial charge in [-0.3, -0.25) is 0 Å². The normalized spacial score (nSPS) is 11.7. The van der Waals surface area contributed by atoms with Gasteiger partial charge in [0.2, 0.25) is 0 Å². The van der Waals surface area contributed by atoms with Crippen molar-refractivity contribution in [1.82, 2.24) is 0 Å². The van der Waals surface area contributed by atoms with Crippen LogP contribution < -0.4 is 46.4 Å². The molecule has 0 aliphatic heterocycles. The summed E-state index contributed by atoms with van der Waals surface area (Å²) < 4.78 is 6.51. The summed E-state index contributed by atoms with van der Waals surface area (Å²) in [5, 5.41) is 13.1. The van der Waals surface area contributed by atoms with E-state index in [9.17, 15) is 0 Å².